The van der Waals surface area contributed by atoms with E-state index in [2.05, 4.69) is 0 Å². The van der Waals surface area contributed by atoms with Crippen molar-refractivity contribution in [1.29, 1.82) is 0 Å². The summed E-state index contributed by atoms with van der Waals surface area (Å²) >= 11 is 0. The van der Waals surface area contributed by atoms with Crippen LogP contribution < -0.4 is 19.1 Å². The highest BCUT2D eigenvalue weighted by Gasteiger charge is 2.48. The number of hydrogen-bond donors (Lipinski definition) is 1. The van der Waals surface area contributed by atoms with Gasteiger partial charge in [0.05, 0.1) is 44.4 Å². The van der Waals surface area contributed by atoms with Crippen LogP contribution in [0.25, 0.3) is 5.76 Å². The topological polar surface area (TPSA) is 98.4 Å². The van der Waals surface area contributed by atoms with Gasteiger partial charge in [-0.2, -0.15) is 0 Å². The van der Waals surface area contributed by atoms with Crippen molar-refractivity contribution in [2.24, 2.45) is 0 Å². The van der Waals surface area contributed by atoms with Crippen molar-refractivity contribution in [1.82, 2.24) is 0 Å². The first-order chi connectivity index (χ1) is 15.5. The molecule has 164 valence electrons. The number of furan rings is 1. The number of methoxy groups -OCH3 is 3. The average Bonchev–Trinajstić information content (AvgIpc) is 3.45. The van der Waals surface area contributed by atoms with E-state index in [0.717, 1.165) is 0 Å². The molecule has 2 aromatic carbocycles. The molecule has 32 heavy (non-hydrogen) atoms. The van der Waals surface area contributed by atoms with Crippen molar-refractivity contribution in [2.45, 2.75) is 6.04 Å². The lowest BCUT2D eigenvalue weighted by atomic mass is 9.98. The summed E-state index contributed by atoms with van der Waals surface area (Å²) in [5, 5.41) is 11.2. The molecular weight excluding hydrogens is 414 g/mol. The first-order valence-electron chi connectivity index (χ1n) is 9.71. The Hall–Kier alpha value is -4.20. The van der Waals surface area contributed by atoms with Crippen molar-refractivity contribution in [2.75, 3.05) is 26.2 Å². The van der Waals surface area contributed by atoms with Crippen LogP contribution in [0.1, 0.15) is 17.4 Å². The summed E-state index contributed by atoms with van der Waals surface area (Å²) in [6.07, 6.45) is 1.44. The highest BCUT2D eigenvalue weighted by molar-refractivity contribution is 6.51. The largest absolute Gasteiger partial charge is 0.507 e. The van der Waals surface area contributed by atoms with Crippen LogP contribution in [0.4, 0.5) is 5.69 Å². The third kappa shape index (κ3) is 3.45. The molecule has 2 heterocycles. The highest BCUT2D eigenvalue weighted by atomic mass is 16.5. The second kappa shape index (κ2) is 8.50. The molecule has 8 heteroatoms. The number of ether oxygens (including phenoxy) is 3. The minimum Gasteiger partial charge on any atom is -0.507 e. The maximum atomic E-state index is 13.2. The van der Waals surface area contributed by atoms with Crippen LogP contribution in [-0.2, 0) is 9.59 Å². The molecule has 0 radical (unpaired) electrons. The van der Waals surface area contributed by atoms with Gasteiger partial charge in [0.15, 0.2) is 0 Å². The van der Waals surface area contributed by atoms with Crippen LogP contribution in [0.15, 0.2) is 70.9 Å². The van der Waals surface area contributed by atoms with Crippen molar-refractivity contribution in [3.05, 3.63) is 77.8 Å². The molecule has 0 bridgehead atoms. The van der Waals surface area contributed by atoms with Crippen LogP contribution in [-0.4, -0.2) is 38.1 Å². The molecule has 1 aliphatic heterocycles. The molecule has 1 unspecified atom stereocenters. The lowest BCUT2D eigenvalue weighted by Crippen LogP contribution is -2.29. The summed E-state index contributed by atoms with van der Waals surface area (Å²) < 4.78 is 21.5. The standard InChI is InChI=1S/C24H21NO7/c1-29-15-11-14(12-16(13-15)30-2)25-21(19-9-6-10-32-19)20(23(27)24(25)28)22(26)17-7-4-5-8-18(17)31-3/h4-13,21,26H,1-3H3/b22-20-. The number of aliphatic hydroxyl groups excluding tert-OH is 1. The minimum atomic E-state index is -1.01. The Morgan fingerprint density at radius 1 is 0.938 bits per heavy atom. The van der Waals surface area contributed by atoms with E-state index in [-0.39, 0.29) is 16.9 Å². The number of aliphatic hydroxyl groups is 1. The molecule has 0 aliphatic carbocycles. The van der Waals surface area contributed by atoms with Crippen LogP contribution in [0, 0.1) is 0 Å². The smallest absolute Gasteiger partial charge is 0.300 e. The fourth-order valence-corrected chi connectivity index (χ4v) is 3.73. The van der Waals surface area contributed by atoms with Crippen LogP contribution in [0.3, 0.4) is 0 Å². The molecule has 1 atom stereocenters. The fraction of sp³-hybridized carbons (Fsp3) is 0.167. The molecule has 1 fully saturated rings. The van der Waals surface area contributed by atoms with E-state index in [1.165, 1.54) is 32.5 Å². The van der Waals surface area contributed by atoms with Crippen molar-refractivity contribution < 1.29 is 33.3 Å². The molecule has 1 aliphatic rings. The summed E-state index contributed by atoms with van der Waals surface area (Å²) in [6, 6.07) is 13.8. The number of anilines is 1. The number of carbonyl (C=O) groups is 2. The first kappa shape index (κ1) is 21.0. The number of Topliss-reactive ketones (excluding diaryl/α,β-unsaturated/α-hetero) is 1. The Kier molecular flexibility index (Phi) is 5.59. The van der Waals surface area contributed by atoms with Crippen LogP contribution >= 0.6 is 0 Å². The molecule has 1 amide bonds. The van der Waals surface area contributed by atoms with Gasteiger partial charge < -0.3 is 23.7 Å². The Morgan fingerprint density at radius 3 is 2.22 bits per heavy atom. The van der Waals surface area contributed by atoms with E-state index in [1.54, 1.807) is 54.6 Å². The van der Waals surface area contributed by atoms with Gasteiger partial charge >= 0.3 is 0 Å². The van der Waals surface area contributed by atoms with Gasteiger partial charge in [0, 0.05) is 18.2 Å². The van der Waals surface area contributed by atoms with Crippen molar-refractivity contribution in [3.63, 3.8) is 0 Å². The zero-order chi connectivity index (χ0) is 22.8. The summed E-state index contributed by atoms with van der Waals surface area (Å²) in [5.41, 5.74) is 0.521. The number of ketones is 1. The maximum absolute atomic E-state index is 13.2. The predicted molar refractivity (Wildman–Crippen MR) is 116 cm³/mol. The van der Waals surface area contributed by atoms with Gasteiger partial charge in [-0.3, -0.25) is 14.5 Å². The molecule has 1 N–H and O–H groups in total. The molecular formula is C24H21NO7. The Balaban J connectivity index is 1.96. The molecule has 0 saturated carbocycles. The van der Waals surface area contributed by atoms with Gasteiger partial charge in [-0.1, -0.05) is 12.1 Å². The van der Waals surface area contributed by atoms with Crippen molar-refractivity contribution >= 4 is 23.1 Å². The quantitative estimate of drug-likeness (QED) is 0.356. The summed E-state index contributed by atoms with van der Waals surface area (Å²) in [4.78, 5) is 27.6. The maximum Gasteiger partial charge on any atom is 0.300 e. The average molecular weight is 435 g/mol. The third-order valence-electron chi connectivity index (χ3n) is 5.23. The summed E-state index contributed by atoms with van der Waals surface area (Å²) in [5.74, 6) is -0.498. The highest BCUT2D eigenvalue weighted by Crippen LogP contribution is 2.44. The molecule has 1 saturated heterocycles. The minimum absolute atomic E-state index is 0.115. The first-order valence-corrected chi connectivity index (χ1v) is 9.71. The molecule has 0 spiro atoms. The molecule has 8 nitrogen and oxygen atoms in total. The summed E-state index contributed by atoms with van der Waals surface area (Å²) in [6.45, 7) is 0. The molecule has 3 aromatic rings. The van der Waals surface area contributed by atoms with Gasteiger partial charge in [-0.15, -0.1) is 0 Å². The Labute approximate surface area is 184 Å². The van der Waals surface area contributed by atoms with E-state index < -0.39 is 17.7 Å². The second-order valence-corrected chi connectivity index (χ2v) is 6.96. The van der Waals surface area contributed by atoms with E-state index in [9.17, 15) is 14.7 Å². The zero-order valence-electron chi connectivity index (χ0n) is 17.7. The lowest BCUT2D eigenvalue weighted by Gasteiger charge is -2.24. The van der Waals surface area contributed by atoms with Gasteiger partial charge in [0.1, 0.15) is 34.8 Å². The van der Waals surface area contributed by atoms with E-state index in [4.69, 9.17) is 18.6 Å². The number of nitrogens with zero attached hydrogens (tertiary/aromatic N) is 1. The number of benzene rings is 2. The zero-order valence-corrected chi connectivity index (χ0v) is 17.7. The van der Waals surface area contributed by atoms with Crippen LogP contribution in [0.2, 0.25) is 0 Å². The van der Waals surface area contributed by atoms with Gasteiger partial charge in [0.25, 0.3) is 11.7 Å². The van der Waals surface area contributed by atoms with Crippen molar-refractivity contribution in [3.8, 4) is 17.2 Å². The normalized spacial score (nSPS) is 17.5. The Bertz CT molecular complexity index is 1170. The third-order valence-corrected chi connectivity index (χ3v) is 5.23. The van der Waals surface area contributed by atoms with Crippen LogP contribution in [0.5, 0.6) is 17.2 Å². The number of hydrogen-bond acceptors (Lipinski definition) is 7. The number of rotatable bonds is 6. The number of carbonyl (C=O) groups excluding carboxylic acids is 2. The number of amides is 1. The lowest BCUT2D eigenvalue weighted by molar-refractivity contribution is -0.132. The fourth-order valence-electron chi connectivity index (χ4n) is 3.73. The predicted octanol–water partition coefficient (Wildman–Crippen LogP) is 3.93. The molecule has 4 rings (SSSR count). The van der Waals surface area contributed by atoms with E-state index in [1.807, 2.05) is 0 Å². The van der Waals surface area contributed by atoms with Gasteiger partial charge in [-0.25, -0.2) is 0 Å². The number of para-hydroxylation sites is 1. The van der Waals surface area contributed by atoms with Gasteiger partial charge in [0.2, 0.25) is 0 Å². The second-order valence-electron chi connectivity index (χ2n) is 6.96. The SMILES string of the molecule is COc1cc(OC)cc(N2C(=O)C(=O)/C(=C(\O)c3ccccc3OC)C2c2ccco2)c1. The summed E-state index contributed by atoms with van der Waals surface area (Å²) in [7, 11) is 4.42. The van der Waals surface area contributed by atoms with E-state index in [0.29, 0.717) is 28.7 Å². The Morgan fingerprint density at radius 2 is 1.62 bits per heavy atom. The molecule has 1 aromatic heterocycles. The monoisotopic (exact) mass is 435 g/mol. The van der Waals surface area contributed by atoms with E-state index >= 15 is 0 Å². The van der Waals surface area contributed by atoms with Gasteiger partial charge in [-0.05, 0) is 24.3 Å².